The van der Waals surface area contributed by atoms with E-state index in [1.54, 1.807) is 0 Å². The lowest BCUT2D eigenvalue weighted by molar-refractivity contribution is 0.198. The van der Waals surface area contributed by atoms with Crippen molar-refractivity contribution in [3.63, 3.8) is 0 Å². The Bertz CT molecular complexity index is 15.5. The van der Waals surface area contributed by atoms with Crippen LogP contribution < -0.4 is 0 Å². The van der Waals surface area contributed by atoms with E-state index in [1.165, 1.54) is 12.8 Å². The Hall–Kier alpha value is -0.0400. The highest BCUT2D eigenvalue weighted by molar-refractivity contribution is 4.43. The first-order chi connectivity index (χ1) is 2.50. The van der Waals surface area contributed by atoms with Crippen molar-refractivity contribution in [3.8, 4) is 0 Å². The van der Waals surface area contributed by atoms with Gasteiger partial charge in [0.25, 0.3) is 0 Å². The lowest BCUT2D eigenvalue weighted by Gasteiger charge is -1.76. The number of hydrogen-bond donors (Lipinski definition) is 0. The predicted octanol–water partition coefficient (Wildman–Crippen LogP) is 1.25. The smallest absolute Gasteiger partial charge is 0.0466 e. The molecule has 0 atom stereocenters. The van der Waals surface area contributed by atoms with Crippen LogP contribution in [-0.4, -0.2) is 13.2 Å². The van der Waals surface area contributed by atoms with Gasteiger partial charge in [0.15, 0.2) is 0 Å². The first kappa shape index (κ1) is 5.96. The zero-order valence-corrected chi connectivity index (χ0v) is 4.24. The summed E-state index contributed by atoms with van der Waals surface area (Å²) in [6.45, 7) is 2.00. The number of rotatable bonds is 0. The van der Waals surface area contributed by atoms with Crippen molar-refractivity contribution in [2.24, 2.45) is 0 Å². The molecule has 1 saturated heterocycles. The number of hydrogen-bond acceptors (Lipinski definition) is 1. The van der Waals surface area contributed by atoms with Crippen LogP contribution in [0.25, 0.3) is 0 Å². The van der Waals surface area contributed by atoms with Gasteiger partial charge >= 0.3 is 0 Å². The monoisotopic (exact) mass is 87.1 g/mol. The molecule has 1 rings (SSSR count). The molecule has 0 bridgehead atoms. The molecule has 0 unspecified atom stereocenters. The predicted molar refractivity (Wildman–Crippen MR) is 26.5 cm³/mol. The summed E-state index contributed by atoms with van der Waals surface area (Å²) in [4.78, 5) is 0. The maximum absolute atomic E-state index is 4.94. The van der Waals surface area contributed by atoms with Gasteiger partial charge in [0, 0.05) is 13.2 Å². The van der Waals surface area contributed by atoms with Crippen molar-refractivity contribution in [2.75, 3.05) is 13.2 Å². The molecule has 0 spiro atoms. The fraction of sp³-hybridized carbons (Fsp3) is 0.800. The van der Waals surface area contributed by atoms with Crippen molar-refractivity contribution < 1.29 is 4.74 Å². The van der Waals surface area contributed by atoms with Crippen LogP contribution in [0.15, 0.2) is 0 Å². The summed E-state index contributed by atoms with van der Waals surface area (Å²) in [7, 11) is 0. The molecule has 1 fully saturated rings. The molecule has 0 amide bonds. The zero-order chi connectivity index (χ0) is 3.54. The Balaban J connectivity index is 0.000000250. The minimum absolute atomic E-state index is 0. The van der Waals surface area contributed by atoms with Crippen LogP contribution in [0.3, 0.4) is 0 Å². The van der Waals surface area contributed by atoms with E-state index in [2.05, 4.69) is 0 Å². The van der Waals surface area contributed by atoms with Crippen LogP contribution >= 0.6 is 0 Å². The Labute approximate surface area is 39.3 Å². The lowest BCUT2D eigenvalue weighted by Crippen LogP contribution is -1.74. The summed E-state index contributed by atoms with van der Waals surface area (Å²) in [5, 5.41) is 0. The summed E-state index contributed by atoms with van der Waals surface area (Å²) in [6.07, 6.45) is 2.56. The second-order valence-corrected chi connectivity index (χ2v) is 1.32. The maximum atomic E-state index is 4.94. The highest BCUT2D eigenvalue weighted by atomic mass is 16.5. The largest absolute Gasteiger partial charge is 0.381 e. The van der Waals surface area contributed by atoms with Crippen LogP contribution in [-0.2, 0) is 4.74 Å². The molecule has 6 heavy (non-hydrogen) atoms. The van der Waals surface area contributed by atoms with Crippen molar-refractivity contribution in [2.45, 2.75) is 12.8 Å². The average Bonchev–Trinajstić information content (AvgIpc) is 1.76. The van der Waals surface area contributed by atoms with E-state index in [9.17, 15) is 0 Å². The van der Waals surface area contributed by atoms with Crippen LogP contribution in [0.4, 0.5) is 0 Å². The molecule has 1 heteroatoms. The normalized spacial score (nSPS) is 20.0. The van der Waals surface area contributed by atoms with Gasteiger partial charge in [-0.2, -0.15) is 0 Å². The molecule has 1 aliphatic rings. The first-order valence-corrected chi connectivity index (χ1v) is 2.08. The molecule has 0 aliphatic carbocycles. The molecule has 0 aromatic heterocycles. The van der Waals surface area contributed by atoms with E-state index in [-0.39, 0.29) is 7.43 Å². The van der Waals surface area contributed by atoms with E-state index >= 15 is 0 Å². The summed E-state index contributed by atoms with van der Waals surface area (Å²) in [6, 6.07) is 0. The molecule has 0 aromatic rings. The highest BCUT2D eigenvalue weighted by Crippen LogP contribution is 1.98. The quantitative estimate of drug-likeness (QED) is 0.432. The van der Waals surface area contributed by atoms with Gasteiger partial charge in [-0.25, -0.2) is 0 Å². The van der Waals surface area contributed by atoms with Crippen LogP contribution in [0.2, 0.25) is 0 Å². The Morgan fingerprint density at radius 2 is 1.50 bits per heavy atom. The fourth-order valence-corrected chi connectivity index (χ4v) is 0.510. The third-order valence-corrected chi connectivity index (χ3v) is 0.827. The average molecular weight is 87.1 g/mol. The van der Waals surface area contributed by atoms with E-state index in [0.717, 1.165) is 13.2 Å². The topological polar surface area (TPSA) is 9.23 Å². The van der Waals surface area contributed by atoms with Crippen molar-refractivity contribution in [1.29, 1.82) is 0 Å². The molecule has 0 aromatic carbocycles. The van der Waals surface area contributed by atoms with Gasteiger partial charge < -0.3 is 4.74 Å². The fourth-order valence-electron chi connectivity index (χ4n) is 0.510. The maximum Gasteiger partial charge on any atom is 0.0466 e. The van der Waals surface area contributed by atoms with Crippen LogP contribution in [0.5, 0.6) is 0 Å². The Morgan fingerprint density at radius 1 is 1.00 bits per heavy atom. The summed E-state index contributed by atoms with van der Waals surface area (Å²) in [5.74, 6) is 0. The summed E-state index contributed by atoms with van der Waals surface area (Å²) < 4.78 is 4.94. The molecular weight excluding hydrogens is 76.1 g/mol. The standard InChI is InChI=1S/C4H8O.CH3/c1-2-4-5-3-1;/h1-4H2;1H3. The Kier molecular flexibility index (Phi) is 3.14. The summed E-state index contributed by atoms with van der Waals surface area (Å²) in [5.41, 5.74) is 0. The van der Waals surface area contributed by atoms with E-state index in [0.29, 0.717) is 0 Å². The summed E-state index contributed by atoms with van der Waals surface area (Å²) >= 11 is 0. The van der Waals surface area contributed by atoms with Crippen LogP contribution in [0.1, 0.15) is 12.8 Å². The second kappa shape index (κ2) is 3.16. The molecule has 0 N–H and O–H groups in total. The third-order valence-electron chi connectivity index (χ3n) is 0.827. The SMILES string of the molecule is C1CCOC1.[CH3]. The second-order valence-electron chi connectivity index (χ2n) is 1.32. The van der Waals surface area contributed by atoms with Crippen molar-refractivity contribution in [1.82, 2.24) is 0 Å². The zero-order valence-electron chi connectivity index (χ0n) is 4.24. The molecule has 1 aliphatic heterocycles. The first-order valence-electron chi connectivity index (χ1n) is 2.08. The van der Waals surface area contributed by atoms with E-state index in [4.69, 9.17) is 4.74 Å². The van der Waals surface area contributed by atoms with Gasteiger partial charge in [-0.05, 0) is 12.8 Å². The number of ether oxygens (including phenoxy) is 1. The molecule has 1 nitrogen and oxygen atoms in total. The Morgan fingerprint density at radius 3 is 1.67 bits per heavy atom. The van der Waals surface area contributed by atoms with Gasteiger partial charge in [0.05, 0.1) is 0 Å². The minimum Gasteiger partial charge on any atom is -0.381 e. The highest BCUT2D eigenvalue weighted by Gasteiger charge is 1.94. The third kappa shape index (κ3) is 1.41. The molecule has 37 valence electrons. The molecular formula is C5H11O. The van der Waals surface area contributed by atoms with Gasteiger partial charge in [0.1, 0.15) is 0 Å². The van der Waals surface area contributed by atoms with Gasteiger partial charge in [0.2, 0.25) is 0 Å². The lowest BCUT2D eigenvalue weighted by atomic mass is 10.4. The van der Waals surface area contributed by atoms with E-state index < -0.39 is 0 Å². The van der Waals surface area contributed by atoms with Gasteiger partial charge in [-0.15, -0.1) is 0 Å². The van der Waals surface area contributed by atoms with Crippen molar-refractivity contribution >= 4 is 0 Å². The molecule has 0 saturated carbocycles. The minimum atomic E-state index is 0. The molecule has 1 heterocycles. The van der Waals surface area contributed by atoms with E-state index in [1.807, 2.05) is 0 Å². The molecule has 1 radical (unpaired) electrons. The van der Waals surface area contributed by atoms with Crippen LogP contribution in [0, 0.1) is 7.43 Å². The van der Waals surface area contributed by atoms with Gasteiger partial charge in [-0.3, -0.25) is 0 Å². The van der Waals surface area contributed by atoms with Gasteiger partial charge in [-0.1, -0.05) is 7.43 Å². The van der Waals surface area contributed by atoms with Crippen molar-refractivity contribution in [3.05, 3.63) is 7.43 Å².